The van der Waals surface area contributed by atoms with Crippen molar-refractivity contribution in [3.8, 4) is 5.69 Å². The van der Waals surface area contributed by atoms with Gasteiger partial charge in [-0.25, -0.2) is 9.48 Å². The van der Waals surface area contributed by atoms with Crippen molar-refractivity contribution in [1.82, 2.24) is 15.1 Å². The van der Waals surface area contributed by atoms with Crippen molar-refractivity contribution in [2.75, 3.05) is 6.61 Å². The van der Waals surface area contributed by atoms with Gasteiger partial charge in [-0.2, -0.15) is 5.10 Å². The Labute approximate surface area is 166 Å². The molecule has 0 saturated heterocycles. The Hall–Kier alpha value is -2.63. The lowest BCUT2D eigenvalue weighted by Crippen LogP contribution is -2.45. The van der Waals surface area contributed by atoms with Crippen LogP contribution in [0.15, 0.2) is 30.3 Å². The Bertz CT molecular complexity index is 844. The van der Waals surface area contributed by atoms with Gasteiger partial charge < -0.3 is 10.1 Å². The maximum absolute atomic E-state index is 12.6. The molecule has 1 amide bonds. The molecule has 0 aliphatic heterocycles. The van der Waals surface area contributed by atoms with Crippen molar-refractivity contribution >= 4 is 11.9 Å². The van der Waals surface area contributed by atoms with E-state index in [0.29, 0.717) is 28.8 Å². The normalized spacial score (nSPS) is 21.9. The highest BCUT2D eigenvalue weighted by Crippen LogP contribution is 2.29. The van der Waals surface area contributed by atoms with Crippen LogP contribution < -0.4 is 5.32 Å². The number of carbonyl (C=O) groups excluding carboxylic acids is 2. The summed E-state index contributed by atoms with van der Waals surface area (Å²) in [6.45, 7) is 7.72. The molecule has 0 spiro atoms. The van der Waals surface area contributed by atoms with Gasteiger partial charge in [0.25, 0.3) is 5.91 Å². The minimum Gasteiger partial charge on any atom is -0.452 e. The summed E-state index contributed by atoms with van der Waals surface area (Å²) in [4.78, 5) is 24.9. The van der Waals surface area contributed by atoms with Gasteiger partial charge in [-0.1, -0.05) is 44.9 Å². The van der Waals surface area contributed by atoms with Crippen molar-refractivity contribution in [2.24, 2.45) is 11.8 Å². The van der Waals surface area contributed by atoms with Crippen LogP contribution in [0.2, 0.25) is 0 Å². The molecule has 1 aliphatic carbocycles. The first-order valence-corrected chi connectivity index (χ1v) is 9.96. The number of ether oxygens (including phenoxy) is 1. The molecule has 0 unspecified atom stereocenters. The Kier molecular flexibility index (Phi) is 6.17. The molecule has 1 fully saturated rings. The zero-order valence-electron chi connectivity index (χ0n) is 17.1. The second kappa shape index (κ2) is 8.59. The number of aryl methyl sites for hydroxylation is 1. The van der Waals surface area contributed by atoms with Crippen molar-refractivity contribution in [3.05, 3.63) is 47.3 Å². The third-order valence-electron chi connectivity index (χ3n) is 5.88. The molecule has 0 bridgehead atoms. The minimum absolute atomic E-state index is 0.152. The summed E-state index contributed by atoms with van der Waals surface area (Å²) in [5, 5.41) is 7.48. The van der Waals surface area contributed by atoms with Crippen LogP contribution in [0.5, 0.6) is 0 Å². The van der Waals surface area contributed by atoms with E-state index in [9.17, 15) is 9.59 Å². The Morgan fingerprint density at radius 2 is 1.89 bits per heavy atom. The predicted octanol–water partition coefficient (Wildman–Crippen LogP) is 3.59. The second-order valence-corrected chi connectivity index (χ2v) is 7.81. The van der Waals surface area contributed by atoms with E-state index in [4.69, 9.17) is 4.74 Å². The highest BCUT2D eigenvalue weighted by Gasteiger charge is 2.28. The summed E-state index contributed by atoms with van der Waals surface area (Å²) in [5.41, 5.74) is 2.57. The predicted molar refractivity (Wildman–Crippen MR) is 107 cm³/mol. The quantitative estimate of drug-likeness (QED) is 0.801. The number of hydrogen-bond acceptors (Lipinski definition) is 4. The van der Waals surface area contributed by atoms with Crippen LogP contribution >= 0.6 is 0 Å². The monoisotopic (exact) mass is 383 g/mol. The number of para-hydroxylation sites is 1. The molecule has 1 heterocycles. The average Bonchev–Trinajstić information content (AvgIpc) is 2.98. The van der Waals surface area contributed by atoms with E-state index >= 15 is 0 Å². The number of esters is 1. The van der Waals surface area contributed by atoms with Crippen LogP contribution in [-0.2, 0) is 9.53 Å². The number of amides is 1. The molecule has 0 radical (unpaired) electrons. The van der Waals surface area contributed by atoms with Gasteiger partial charge in [0.05, 0.1) is 17.1 Å². The Morgan fingerprint density at radius 3 is 2.61 bits per heavy atom. The third kappa shape index (κ3) is 4.26. The van der Waals surface area contributed by atoms with Crippen molar-refractivity contribution in [3.63, 3.8) is 0 Å². The number of nitrogens with one attached hydrogen (secondary N) is 1. The first kappa shape index (κ1) is 20.1. The zero-order chi connectivity index (χ0) is 20.3. The number of aromatic nitrogens is 2. The average molecular weight is 383 g/mol. The van der Waals surface area contributed by atoms with Crippen molar-refractivity contribution < 1.29 is 14.3 Å². The highest BCUT2D eigenvalue weighted by molar-refractivity contribution is 5.93. The number of nitrogens with zero attached hydrogens (tertiary/aromatic N) is 2. The highest BCUT2D eigenvalue weighted by atomic mass is 16.5. The molecule has 6 heteroatoms. The molecule has 1 N–H and O–H groups in total. The standard InChI is InChI=1S/C22H29N3O3/c1-14-9-8-12-19(15(14)2)23-20(26)13-28-22(27)21-16(3)24-25(17(21)4)18-10-6-5-7-11-18/h5-7,10-11,14-15,19H,8-9,12-13H2,1-4H3,(H,23,26)/t14-,15+,19+/m1/s1. The van der Waals surface area contributed by atoms with Crippen molar-refractivity contribution in [2.45, 2.75) is 53.0 Å². The van der Waals surface area contributed by atoms with Crippen LogP contribution in [0.1, 0.15) is 54.9 Å². The van der Waals surface area contributed by atoms with E-state index in [-0.39, 0.29) is 18.6 Å². The molecule has 1 aliphatic rings. The van der Waals surface area contributed by atoms with Gasteiger partial charge in [-0.3, -0.25) is 4.79 Å². The van der Waals surface area contributed by atoms with E-state index < -0.39 is 5.97 Å². The number of hydrogen-bond donors (Lipinski definition) is 1. The third-order valence-corrected chi connectivity index (χ3v) is 5.88. The molecular formula is C22H29N3O3. The second-order valence-electron chi connectivity index (χ2n) is 7.81. The van der Waals surface area contributed by atoms with Crippen molar-refractivity contribution in [1.29, 1.82) is 0 Å². The van der Waals surface area contributed by atoms with E-state index in [1.165, 1.54) is 6.42 Å². The molecule has 3 rings (SSSR count). The topological polar surface area (TPSA) is 73.2 Å². The molecule has 1 aromatic heterocycles. The van der Waals surface area contributed by atoms with Crippen LogP contribution in [0, 0.1) is 25.7 Å². The van der Waals surface area contributed by atoms with Crippen LogP contribution in [-0.4, -0.2) is 34.3 Å². The summed E-state index contributed by atoms with van der Waals surface area (Å²) < 4.78 is 7.02. The van der Waals surface area contributed by atoms with Gasteiger partial charge in [0, 0.05) is 6.04 Å². The van der Waals surface area contributed by atoms with Gasteiger partial charge >= 0.3 is 5.97 Å². The van der Waals surface area contributed by atoms with E-state index in [1.807, 2.05) is 37.3 Å². The van der Waals surface area contributed by atoms with E-state index in [0.717, 1.165) is 18.5 Å². The summed E-state index contributed by atoms with van der Waals surface area (Å²) in [6, 6.07) is 9.77. The lowest BCUT2D eigenvalue weighted by Gasteiger charge is -2.34. The number of benzene rings is 1. The maximum atomic E-state index is 12.6. The summed E-state index contributed by atoms with van der Waals surface area (Å²) in [7, 11) is 0. The smallest absolute Gasteiger partial charge is 0.342 e. The van der Waals surface area contributed by atoms with Gasteiger partial charge in [0.15, 0.2) is 6.61 Å². The molecule has 150 valence electrons. The Balaban J connectivity index is 1.62. The lowest BCUT2D eigenvalue weighted by atomic mass is 9.78. The first-order valence-electron chi connectivity index (χ1n) is 9.96. The van der Waals surface area contributed by atoms with E-state index in [2.05, 4.69) is 24.3 Å². The molecule has 6 nitrogen and oxygen atoms in total. The van der Waals surface area contributed by atoms with E-state index in [1.54, 1.807) is 11.6 Å². The fraction of sp³-hybridized carbons (Fsp3) is 0.500. The molecule has 3 atom stereocenters. The fourth-order valence-corrected chi connectivity index (χ4v) is 4.00. The fourth-order valence-electron chi connectivity index (χ4n) is 4.00. The van der Waals surface area contributed by atoms with Gasteiger partial charge in [0.1, 0.15) is 5.56 Å². The largest absolute Gasteiger partial charge is 0.452 e. The van der Waals surface area contributed by atoms with Gasteiger partial charge in [-0.05, 0) is 44.2 Å². The van der Waals surface area contributed by atoms with Gasteiger partial charge in [0.2, 0.25) is 0 Å². The minimum atomic E-state index is -0.516. The maximum Gasteiger partial charge on any atom is 0.342 e. The summed E-state index contributed by atoms with van der Waals surface area (Å²) in [6.07, 6.45) is 3.30. The van der Waals surface area contributed by atoms with Crippen LogP contribution in [0.25, 0.3) is 5.69 Å². The molecular weight excluding hydrogens is 354 g/mol. The first-order chi connectivity index (χ1) is 13.4. The van der Waals surface area contributed by atoms with Crippen LogP contribution in [0.3, 0.4) is 0 Å². The molecule has 1 saturated carbocycles. The Morgan fingerprint density at radius 1 is 1.18 bits per heavy atom. The lowest BCUT2D eigenvalue weighted by molar-refractivity contribution is -0.125. The SMILES string of the molecule is Cc1nn(-c2ccccc2)c(C)c1C(=O)OCC(=O)N[C@H]1CCC[C@@H](C)[C@@H]1C. The van der Waals surface area contributed by atoms with Crippen LogP contribution in [0.4, 0.5) is 0 Å². The molecule has 28 heavy (non-hydrogen) atoms. The molecule has 2 aromatic rings. The zero-order valence-corrected chi connectivity index (χ0v) is 17.1. The van der Waals surface area contributed by atoms with Gasteiger partial charge in [-0.15, -0.1) is 0 Å². The number of carbonyl (C=O) groups is 2. The summed E-state index contributed by atoms with van der Waals surface area (Å²) >= 11 is 0. The molecule has 1 aromatic carbocycles. The summed E-state index contributed by atoms with van der Waals surface area (Å²) in [5.74, 6) is 0.264. The number of rotatable bonds is 5.